The van der Waals surface area contributed by atoms with Gasteiger partial charge in [-0.2, -0.15) is 5.90 Å². The fourth-order valence-electron chi connectivity index (χ4n) is 1.38. The summed E-state index contributed by atoms with van der Waals surface area (Å²) in [5.41, 5.74) is 1.62. The molecule has 1 rings (SSSR count). The van der Waals surface area contributed by atoms with Gasteiger partial charge in [-0.1, -0.05) is 0 Å². The molecule has 10 nitrogen and oxygen atoms in total. The van der Waals surface area contributed by atoms with E-state index in [2.05, 4.69) is 10.8 Å². The molecule has 0 aromatic rings. The molecule has 1 aliphatic heterocycles. The molecule has 0 spiro atoms. The lowest BCUT2D eigenvalue weighted by Crippen LogP contribution is -2.62. The van der Waals surface area contributed by atoms with Crippen molar-refractivity contribution in [2.24, 2.45) is 5.90 Å². The van der Waals surface area contributed by atoms with Crippen LogP contribution in [0.4, 0.5) is 0 Å². The van der Waals surface area contributed by atoms with E-state index in [1.165, 1.54) is 0 Å². The molecule has 1 saturated heterocycles. The van der Waals surface area contributed by atoms with Gasteiger partial charge in [-0.15, -0.1) is 4.94 Å². The van der Waals surface area contributed by atoms with E-state index >= 15 is 0 Å². The Labute approximate surface area is 89.6 Å². The first kappa shape index (κ1) is 13.2. The predicted octanol–water partition coefficient (Wildman–Crippen LogP) is -4.12. The van der Waals surface area contributed by atoms with Crippen molar-refractivity contribution >= 4 is 0 Å². The molecule has 0 aromatic heterocycles. The zero-order valence-corrected chi connectivity index (χ0v) is 8.13. The zero-order valence-electron chi connectivity index (χ0n) is 8.13. The van der Waals surface area contributed by atoms with E-state index < -0.39 is 37.3 Å². The highest BCUT2D eigenvalue weighted by Crippen LogP contribution is 2.20. The van der Waals surface area contributed by atoms with E-state index in [4.69, 9.17) is 9.84 Å². The van der Waals surface area contributed by atoms with E-state index in [1.54, 1.807) is 5.59 Å². The molecular formula is C6H14N3O7+. The number of ether oxygens (including phenoxy) is 1. The number of nitrogens with zero attached hydrogens (tertiary/aromatic N) is 1. The molecule has 7 N–H and O–H groups in total. The molecule has 16 heavy (non-hydrogen) atoms. The standard InChI is InChI=1S/C6H14N3O7/c7-16-8-9(14)6-5(13)4(12)3(11)2(1-10)15-6/h2-6,10-13H,1,7H2,(H,8,14)/q+1/t2-,3-,4+,5-,6-/m1/s1. The Morgan fingerprint density at radius 1 is 1.31 bits per heavy atom. The van der Waals surface area contributed by atoms with Crippen molar-refractivity contribution in [1.29, 1.82) is 0 Å². The van der Waals surface area contributed by atoms with Crippen LogP contribution in [0.5, 0.6) is 0 Å². The molecule has 0 radical (unpaired) electrons. The minimum absolute atomic E-state index is 0.0948. The van der Waals surface area contributed by atoms with Gasteiger partial charge in [-0.05, 0) is 0 Å². The summed E-state index contributed by atoms with van der Waals surface area (Å²) in [6.45, 7) is -0.626. The van der Waals surface area contributed by atoms with E-state index in [0.29, 0.717) is 0 Å². The molecule has 0 saturated carbocycles. The normalized spacial score (nSPS) is 39.4. The number of nitroso groups, excluding NO2 is 1. The van der Waals surface area contributed by atoms with Crippen LogP contribution in [-0.4, -0.2) is 62.5 Å². The van der Waals surface area contributed by atoms with Crippen molar-refractivity contribution in [3.8, 4) is 0 Å². The van der Waals surface area contributed by atoms with Crippen molar-refractivity contribution in [3.63, 3.8) is 0 Å². The molecule has 0 bridgehead atoms. The number of nitrogens with two attached hydrogens (primary N) is 1. The summed E-state index contributed by atoms with van der Waals surface area (Å²) in [5, 5.41) is 37.0. The second kappa shape index (κ2) is 5.45. The van der Waals surface area contributed by atoms with Crippen molar-refractivity contribution in [2.45, 2.75) is 30.6 Å². The van der Waals surface area contributed by atoms with Gasteiger partial charge in [0.2, 0.25) is 0 Å². The van der Waals surface area contributed by atoms with Gasteiger partial charge < -0.3 is 25.2 Å². The number of aliphatic hydroxyl groups excluding tert-OH is 4. The average molecular weight is 240 g/mol. The van der Waals surface area contributed by atoms with Crippen molar-refractivity contribution in [1.82, 2.24) is 5.59 Å². The Bertz CT molecular complexity index is 250. The SMILES string of the molecule is NON[N+](=O)[C@@H]1O[C@H](CO)[C@@H](O)[C@H](O)[C@H]1O. The third-order valence-corrected chi connectivity index (χ3v) is 2.24. The van der Waals surface area contributed by atoms with Gasteiger partial charge >= 0.3 is 6.23 Å². The maximum atomic E-state index is 11.2. The van der Waals surface area contributed by atoms with Gasteiger partial charge in [0.25, 0.3) is 0 Å². The van der Waals surface area contributed by atoms with E-state index in [9.17, 15) is 20.2 Å². The Balaban J connectivity index is 2.74. The second-order valence-electron chi connectivity index (χ2n) is 3.25. The van der Waals surface area contributed by atoms with Crippen LogP contribution in [0.2, 0.25) is 0 Å². The fraction of sp³-hybridized carbons (Fsp3) is 1.00. The Kier molecular flexibility index (Phi) is 4.49. The maximum Gasteiger partial charge on any atom is 0.368 e. The van der Waals surface area contributed by atoms with Crippen molar-refractivity contribution < 1.29 is 35.0 Å². The summed E-state index contributed by atoms with van der Waals surface area (Å²) in [5.74, 6) is 4.56. The Hall–Kier alpha value is -0.880. The van der Waals surface area contributed by atoms with Gasteiger partial charge in [-0.25, -0.2) is 0 Å². The first-order valence-electron chi connectivity index (χ1n) is 4.41. The maximum absolute atomic E-state index is 11.2. The number of hydrogen-bond donors (Lipinski definition) is 6. The quantitative estimate of drug-likeness (QED) is 0.212. The molecule has 0 amide bonds. The minimum Gasteiger partial charge on any atom is -0.394 e. The zero-order chi connectivity index (χ0) is 12.3. The van der Waals surface area contributed by atoms with Crippen LogP contribution in [0, 0.1) is 4.91 Å². The predicted molar refractivity (Wildman–Crippen MR) is 45.8 cm³/mol. The molecule has 0 unspecified atom stereocenters. The highest BCUT2D eigenvalue weighted by atomic mass is 16.8. The first-order valence-corrected chi connectivity index (χ1v) is 4.41. The highest BCUT2D eigenvalue weighted by Gasteiger charge is 2.51. The number of rotatable bonds is 4. The number of hydrazine groups is 1. The Morgan fingerprint density at radius 2 is 1.94 bits per heavy atom. The van der Waals surface area contributed by atoms with E-state index in [1.807, 2.05) is 0 Å². The van der Waals surface area contributed by atoms with Gasteiger partial charge in [0.05, 0.1) is 11.5 Å². The molecule has 1 fully saturated rings. The highest BCUT2D eigenvalue weighted by molar-refractivity contribution is 4.88. The van der Waals surface area contributed by atoms with E-state index in [0.717, 1.165) is 0 Å². The topological polar surface area (TPSA) is 158 Å². The summed E-state index contributed by atoms with van der Waals surface area (Å²) in [7, 11) is 0. The lowest BCUT2D eigenvalue weighted by molar-refractivity contribution is -0.736. The number of hydrogen-bond acceptors (Lipinski definition) is 8. The second-order valence-corrected chi connectivity index (χ2v) is 3.25. The summed E-state index contributed by atoms with van der Waals surface area (Å²) in [6.07, 6.45) is -7.58. The van der Waals surface area contributed by atoms with Gasteiger partial charge in [-0.3, -0.25) is 0 Å². The average Bonchev–Trinajstić information content (AvgIpc) is 2.27. The van der Waals surface area contributed by atoms with Crippen molar-refractivity contribution in [3.05, 3.63) is 4.91 Å². The van der Waals surface area contributed by atoms with Crippen LogP contribution in [0.25, 0.3) is 0 Å². The van der Waals surface area contributed by atoms with Crippen LogP contribution in [-0.2, 0) is 9.68 Å². The lowest BCUT2D eigenvalue weighted by atomic mass is 9.99. The monoisotopic (exact) mass is 240 g/mol. The van der Waals surface area contributed by atoms with Crippen LogP contribution in [0.3, 0.4) is 0 Å². The van der Waals surface area contributed by atoms with Crippen molar-refractivity contribution in [2.75, 3.05) is 6.61 Å². The van der Waals surface area contributed by atoms with Crippen LogP contribution in [0.1, 0.15) is 0 Å². The summed E-state index contributed by atoms with van der Waals surface area (Å²) in [4.78, 5) is 14.9. The van der Waals surface area contributed by atoms with E-state index in [-0.39, 0.29) is 4.87 Å². The third-order valence-electron chi connectivity index (χ3n) is 2.24. The molecule has 1 aliphatic rings. The largest absolute Gasteiger partial charge is 0.394 e. The van der Waals surface area contributed by atoms with Crippen LogP contribution < -0.4 is 11.5 Å². The lowest BCUT2D eigenvalue weighted by Gasteiger charge is -2.34. The third kappa shape index (κ3) is 2.44. The fourth-order valence-corrected chi connectivity index (χ4v) is 1.38. The summed E-state index contributed by atoms with van der Waals surface area (Å²) < 4.78 is 4.85. The number of aliphatic hydroxyl groups is 4. The smallest absolute Gasteiger partial charge is 0.368 e. The minimum atomic E-state index is -1.68. The van der Waals surface area contributed by atoms with Gasteiger partial charge in [0.15, 0.2) is 11.0 Å². The van der Waals surface area contributed by atoms with Gasteiger partial charge in [0.1, 0.15) is 18.3 Å². The molecule has 1 heterocycles. The molecule has 10 heteroatoms. The Morgan fingerprint density at radius 3 is 2.44 bits per heavy atom. The molecular weight excluding hydrogens is 226 g/mol. The first-order chi connectivity index (χ1) is 7.52. The molecule has 94 valence electrons. The number of nitrogens with one attached hydrogen (secondary N) is 1. The summed E-state index contributed by atoms with van der Waals surface area (Å²) >= 11 is 0. The molecule has 0 aliphatic carbocycles. The molecule has 5 atom stereocenters. The summed E-state index contributed by atoms with van der Waals surface area (Å²) in [6, 6.07) is 0. The van der Waals surface area contributed by atoms with Gasteiger partial charge in [0, 0.05) is 5.59 Å². The van der Waals surface area contributed by atoms with Crippen LogP contribution >= 0.6 is 0 Å². The van der Waals surface area contributed by atoms with Crippen LogP contribution in [0.15, 0.2) is 0 Å². The molecule has 0 aromatic carbocycles.